The second-order valence-electron chi connectivity index (χ2n) is 6.52. The van der Waals surface area contributed by atoms with Gasteiger partial charge >= 0.3 is 0 Å². The molecule has 21 heavy (non-hydrogen) atoms. The molecule has 1 N–H and O–H groups in total. The van der Waals surface area contributed by atoms with Crippen LogP contribution < -0.4 is 10.1 Å². The molecule has 1 aromatic carbocycles. The molecule has 0 saturated carbocycles. The summed E-state index contributed by atoms with van der Waals surface area (Å²) in [5, 5.41) is 3.68. The molecule has 1 unspecified atom stereocenters. The van der Waals surface area contributed by atoms with E-state index in [1.807, 2.05) is 12.1 Å². The third-order valence-electron chi connectivity index (χ3n) is 4.36. The van der Waals surface area contributed by atoms with E-state index < -0.39 is 0 Å². The minimum Gasteiger partial charge on any atom is -0.496 e. The van der Waals surface area contributed by atoms with Crippen molar-refractivity contribution in [1.29, 1.82) is 0 Å². The highest BCUT2D eigenvalue weighted by Crippen LogP contribution is 2.28. The molecule has 1 fully saturated rings. The van der Waals surface area contributed by atoms with Gasteiger partial charge in [0, 0.05) is 41.3 Å². The minimum atomic E-state index is 0.164. The third kappa shape index (κ3) is 4.21. The second-order valence-corrected chi connectivity index (χ2v) is 7.43. The molecule has 4 heteroatoms. The zero-order chi connectivity index (χ0) is 15.5. The minimum absolute atomic E-state index is 0.164. The first-order valence-corrected chi connectivity index (χ1v) is 8.56. The van der Waals surface area contributed by atoms with Crippen molar-refractivity contribution >= 4 is 15.9 Å². The van der Waals surface area contributed by atoms with E-state index in [2.05, 4.69) is 53.0 Å². The largest absolute Gasteiger partial charge is 0.496 e. The average molecular weight is 355 g/mol. The van der Waals surface area contributed by atoms with Gasteiger partial charge in [-0.05, 0) is 38.5 Å². The maximum absolute atomic E-state index is 5.52. The number of benzene rings is 1. The number of hydrogen-bond donors (Lipinski definition) is 1. The first-order valence-electron chi connectivity index (χ1n) is 7.77. The van der Waals surface area contributed by atoms with Crippen molar-refractivity contribution < 1.29 is 4.74 Å². The number of rotatable bonds is 5. The molecule has 1 heterocycles. The lowest BCUT2D eigenvalue weighted by Gasteiger charge is -2.46. The Labute approximate surface area is 137 Å². The van der Waals surface area contributed by atoms with E-state index in [0.717, 1.165) is 29.9 Å². The molecule has 1 aromatic rings. The first-order chi connectivity index (χ1) is 9.96. The number of piperazine rings is 1. The normalized spacial score (nSPS) is 22.2. The molecule has 0 spiro atoms. The monoisotopic (exact) mass is 354 g/mol. The summed E-state index contributed by atoms with van der Waals surface area (Å²) in [4.78, 5) is 2.58. The number of nitrogens with zero attached hydrogens (tertiary/aromatic N) is 1. The summed E-state index contributed by atoms with van der Waals surface area (Å²) < 4.78 is 6.63. The maximum Gasteiger partial charge on any atom is 0.123 e. The topological polar surface area (TPSA) is 24.5 Å². The fraction of sp³-hybridized carbons (Fsp3) is 0.647. The fourth-order valence-corrected chi connectivity index (χ4v) is 3.39. The molecule has 118 valence electrons. The SMILES string of the molecule is CCCC1CN(Cc2cc(Br)ccc2OC)C(C)(C)CN1. The Morgan fingerprint density at radius 1 is 1.43 bits per heavy atom. The Kier molecular flexibility index (Phi) is 5.69. The van der Waals surface area contributed by atoms with Gasteiger partial charge in [-0.3, -0.25) is 4.90 Å². The van der Waals surface area contributed by atoms with Gasteiger partial charge in [-0.2, -0.15) is 0 Å². The van der Waals surface area contributed by atoms with E-state index in [4.69, 9.17) is 4.74 Å². The van der Waals surface area contributed by atoms with E-state index in [9.17, 15) is 0 Å². The van der Waals surface area contributed by atoms with Crippen LogP contribution >= 0.6 is 15.9 Å². The molecular formula is C17H27BrN2O. The van der Waals surface area contributed by atoms with Crippen molar-refractivity contribution in [2.24, 2.45) is 0 Å². The van der Waals surface area contributed by atoms with Crippen LogP contribution in [0.25, 0.3) is 0 Å². The van der Waals surface area contributed by atoms with Crippen molar-refractivity contribution in [3.63, 3.8) is 0 Å². The van der Waals surface area contributed by atoms with E-state index in [1.54, 1.807) is 7.11 Å². The Hall–Kier alpha value is -0.580. The van der Waals surface area contributed by atoms with Crippen molar-refractivity contribution in [3.8, 4) is 5.75 Å². The van der Waals surface area contributed by atoms with Crippen LogP contribution in [0.4, 0.5) is 0 Å². The lowest BCUT2D eigenvalue weighted by molar-refractivity contribution is 0.0557. The van der Waals surface area contributed by atoms with Gasteiger partial charge in [0.15, 0.2) is 0 Å². The zero-order valence-electron chi connectivity index (χ0n) is 13.6. The highest BCUT2D eigenvalue weighted by Gasteiger charge is 2.33. The molecule has 0 aromatic heterocycles. The van der Waals surface area contributed by atoms with Crippen molar-refractivity contribution in [2.45, 2.75) is 51.7 Å². The van der Waals surface area contributed by atoms with Gasteiger partial charge in [-0.1, -0.05) is 29.3 Å². The van der Waals surface area contributed by atoms with E-state index in [1.165, 1.54) is 18.4 Å². The Balaban J connectivity index is 2.17. The lowest BCUT2D eigenvalue weighted by Crippen LogP contribution is -2.61. The van der Waals surface area contributed by atoms with Gasteiger partial charge in [-0.25, -0.2) is 0 Å². The number of methoxy groups -OCH3 is 1. The summed E-state index contributed by atoms with van der Waals surface area (Å²) in [5.74, 6) is 0.972. The van der Waals surface area contributed by atoms with Crippen LogP contribution in [0.5, 0.6) is 5.75 Å². The van der Waals surface area contributed by atoms with Gasteiger partial charge in [0.25, 0.3) is 0 Å². The Bertz CT molecular complexity index is 476. The number of hydrogen-bond acceptors (Lipinski definition) is 3. The van der Waals surface area contributed by atoms with Crippen molar-refractivity contribution in [3.05, 3.63) is 28.2 Å². The summed E-state index contributed by atoms with van der Waals surface area (Å²) in [5.41, 5.74) is 1.41. The Morgan fingerprint density at radius 3 is 2.86 bits per heavy atom. The number of halogens is 1. The van der Waals surface area contributed by atoms with Crippen LogP contribution in [0, 0.1) is 0 Å². The van der Waals surface area contributed by atoms with Gasteiger partial charge in [0.05, 0.1) is 7.11 Å². The highest BCUT2D eigenvalue weighted by molar-refractivity contribution is 9.10. The van der Waals surface area contributed by atoms with E-state index in [0.29, 0.717) is 6.04 Å². The number of ether oxygens (including phenoxy) is 1. The summed E-state index contributed by atoms with van der Waals surface area (Å²) in [7, 11) is 1.75. The Morgan fingerprint density at radius 2 is 2.19 bits per heavy atom. The summed E-state index contributed by atoms with van der Waals surface area (Å²) in [6.45, 7) is 9.93. The predicted octanol–water partition coefficient (Wildman–Crippen LogP) is 3.81. The van der Waals surface area contributed by atoms with E-state index in [-0.39, 0.29) is 5.54 Å². The molecule has 2 rings (SSSR count). The quantitative estimate of drug-likeness (QED) is 0.869. The molecular weight excluding hydrogens is 328 g/mol. The van der Waals surface area contributed by atoms with Crippen molar-refractivity contribution in [2.75, 3.05) is 20.2 Å². The van der Waals surface area contributed by atoms with Crippen LogP contribution in [0.2, 0.25) is 0 Å². The zero-order valence-corrected chi connectivity index (χ0v) is 15.2. The van der Waals surface area contributed by atoms with Crippen LogP contribution in [0.3, 0.4) is 0 Å². The molecule has 0 aliphatic carbocycles. The van der Waals surface area contributed by atoms with Gasteiger partial charge in [-0.15, -0.1) is 0 Å². The standard InChI is InChI=1S/C17H27BrN2O/c1-5-6-15-11-20(17(2,3)12-19-15)10-13-9-14(18)7-8-16(13)21-4/h7-9,15,19H,5-6,10-12H2,1-4H3. The van der Waals surface area contributed by atoms with Gasteiger partial charge in [0.1, 0.15) is 5.75 Å². The molecule has 3 nitrogen and oxygen atoms in total. The van der Waals surface area contributed by atoms with Crippen LogP contribution in [-0.2, 0) is 6.54 Å². The molecule has 0 bridgehead atoms. The van der Waals surface area contributed by atoms with Crippen LogP contribution in [-0.4, -0.2) is 36.7 Å². The summed E-state index contributed by atoms with van der Waals surface area (Å²) in [6, 6.07) is 6.84. The van der Waals surface area contributed by atoms with Gasteiger partial charge < -0.3 is 10.1 Å². The molecule has 1 aliphatic rings. The second kappa shape index (κ2) is 7.12. The van der Waals surface area contributed by atoms with Crippen LogP contribution in [0.1, 0.15) is 39.2 Å². The molecule has 1 atom stereocenters. The van der Waals surface area contributed by atoms with Crippen LogP contribution in [0.15, 0.2) is 22.7 Å². The molecule has 1 aliphatic heterocycles. The third-order valence-corrected chi connectivity index (χ3v) is 4.85. The fourth-order valence-electron chi connectivity index (χ4n) is 2.98. The van der Waals surface area contributed by atoms with E-state index >= 15 is 0 Å². The summed E-state index contributed by atoms with van der Waals surface area (Å²) >= 11 is 3.57. The highest BCUT2D eigenvalue weighted by atomic mass is 79.9. The molecule has 0 radical (unpaired) electrons. The average Bonchev–Trinajstić information content (AvgIpc) is 2.43. The van der Waals surface area contributed by atoms with Gasteiger partial charge in [0.2, 0.25) is 0 Å². The number of nitrogens with one attached hydrogen (secondary N) is 1. The maximum atomic E-state index is 5.52. The lowest BCUT2D eigenvalue weighted by atomic mass is 9.95. The smallest absolute Gasteiger partial charge is 0.123 e. The summed E-state index contributed by atoms with van der Waals surface area (Å²) in [6.07, 6.45) is 2.47. The van der Waals surface area contributed by atoms with Crippen molar-refractivity contribution in [1.82, 2.24) is 10.2 Å². The predicted molar refractivity (Wildman–Crippen MR) is 91.9 cm³/mol. The molecule has 1 saturated heterocycles. The molecule has 0 amide bonds. The first kappa shape index (κ1) is 16.8.